The van der Waals surface area contributed by atoms with Gasteiger partial charge in [0.15, 0.2) is 0 Å². The summed E-state index contributed by atoms with van der Waals surface area (Å²) in [4.78, 5) is 13.1. The van der Waals surface area contributed by atoms with E-state index < -0.39 is 5.60 Å². The Hall–Kier alpha value is -0.810. The standard InChI is InChI=1S/C12H26N2O3/c1-10(6-9-15)13-7-8-14(5)11(16)17-12(2,3)4/h10,13,15H,6-9H2,1-5H3. The van der Waals surface area contributed by atoms with E-state index in [0.29, 0.717) is 13.1 Å². The molecule has 0 aliphatic rings. The topological polar surface area (TPSA) is 61.8 Å². The van der Waals surface area contributed by atoms with Crippen LogP contribution in [0.25, 0.3) is 0 Å². The lowest BCUT2D eigenvalue weighted by Crippen LogP contribution is -2.39. The molecule has 0 bridgehead atoms. The van der Waals surface area contributed by atoms with Crippen molar-refractivity contribution in [3.05, 3.63) is 0 Å². The summed E-state index contributed by atoms with van der Waals surface area (Å²) in [6.07, 6.45) is 0.407. The SMILES string of the molecule is CC(CCO)NCCN(C)C(=O)OC(C)(C)C. The first-order valence-corrected chi connectivity index (χ1v) is 6.04. The summed E-state index contributed by atoms with van der Waals surface area (Å²) in [6, 6.07) is 0.257. The highest BCUT2D eigenvalue weighted by Crippen LogP contribution is 2.08. The second kappa shape index (κ2) is 7.50. The molecule has 102 valence electrons. The van der Waals surface area contributed by atoms with Gasteiger partial charge in [0.1, 0.15) is 5.60 Å². The molecule has 1 atom stereocenters. The highest BCUT2D eigenvalue weighted by molar-refractivity contribution is 5.67. The Morgan fingerprint density at radius 2 is 2.06 bits per heavy atom. The fraction of sp³-hybridized carbons (Fsp3) is 0.917. The summed E-state index contributed by atoms with van der Waals surface area (Å²) in [7, 11) is 1.71. The number of carbonyl (C=O) groups excluding carboxylic acids is 1. The number of amides is 1. The van der Waals surface area contributed by atoms with Crippen molar-refractivity contribution in [2.75, 3.05) is 26.7 Å². The van der Waals surface area contributed by atoms with E-state index in [4.69, 9.17) is 9.84 Å². The third kappa shape index (κ3) is 8.94. The molecule has 0 saturated carbocycles. The van der Waals surface area contributed by atoms with Crippen LogP contribution in [-0.4, -0.2) is 54.5 Å². The van der Waals surface area contributed by atoms with Crippen LogP contribution in [0.1, 0.15) is 34.1 Å². The van der Waals surface area contributed by atoms with Crippen molar-refractivity contribution >= 4 is 6.09 Å². The Bertz CT molecular complexity index is 226. The molecule has 0 heterocycles. The molecule has 0 spiro atoms. The molecule has 0 aromatic rings. The van der Waals surface area contributed by atoms with Gasteiger partial charge in [-0.2, -0.15) is 0 Å². The minimum absolute atomic E-state index is 0.177. The van der Waals surface area contributed by atoms with E-state index in [1.165, 1.54) is 0 Å². The largest absolute Gasteiger partial charge is 0.444 e. The summed E-state index contributed by atoms with van der Waals surface area (Å²) in [6.45, 7) is 9.00. The molecular weight excluding hydrogens is 220 g/mol. The van der Waals surface area contributed by atoms with E-state index in [9.17, 15) is 4.79 Å². The number of hydrogen-bond acceptors (Lipinski definition) is 4. The minimum Gasteiger partial charge on any atom is -0.444 e. The Kier molecular flexibility index (Phi) is 7.15. The lowest BCUT2D eigenvalue weighted by molar-refractivity contribution is 0.0299. The van der Waals surface area contributed by atoms with Crippen molar-refractivity contribution in [1.29, 1.82) is 0 Å². The van der Waals surface area contributed by atoms with E-state index in [-0.39, 0.29) is 18.7 Å². The van der Waals surface area contributed by atoms with Crippen LogP contribution in [0.5, 0.6) is 0 Å². The van der Waals surface area contributed by atoms with E-state index in [1.807, 2.05) is 27.7 Å². The number of aliphatic hydroxyl groups excluding tert-OH is 1. The van der Waals surface area contributed by atoms with Crippen LogP contribution in [0.3, 0.4) is 0 Å². The van der Waals surface area contributed by atoms with E-state index >= 15 is 0 Å². The van der Waals surface area contributed by atoms with Gasteiger partial charge in [-0.1, -0.05) is 0 Å². The number of nitrogens with zero attached hydrogens (tertiary/aromatic N) is 1. The highest BCUT2D eigenvalue weighted by Gasteiger charge is 2.19. The molecule has 0 radical (unpaired) electrons. The van der Waals surface area contributed by atoms with Gasteiger partial charge < -0.3 is 20.1 Å². The maximum atomic E-state index is 11.6. The van der Waals surface area contributed by atoms with Crippen LogP contribution in [0.2, 0.25) is 0 Å². The van der Waals surface area contributed by atoms with Gasteiger partial charge >= 0.3 is 6.09 Å². The summed E-state index contributed by atoms with van der Waals surface area (Å²) in [5, 5.41) is 12.0. The molecule has 1 amide bonds. The van der Waals surface area contributed by atoms with Crippen LogP contribution in [0.4, 0.5) is 4.79 Å². The first kappa shape index (κ1) is 16.2. The van der Waals surface area contributed by atoms with Crippen molar-refractivity contribution in [2.24, 2.45) is 0 Å². The van der Waals surface area contributed by atoms with E-state index in [1.54, 1.807) is 11.9 Å². The van der Waals surface area contributed by atoms with Gasteiger partial charge in [-0.25, -0.2) is 4.79 Å². The molecule has 2 N–H and O–H groups in total. The van der Waals surface area contributed by atoms with Gasteiger partial charge in [0, 0.05) is 32.8 Å². The number of hydrogen-bond donors (Lipinski definition) is 2. The highest BCUT2D eigenvalue weighted by atomic mass is 16.6. The van der Waals surface area contributed by atoms with Gasteiger partial charge in [0.05, 0.1) is 0 Å². The number of likely N-dealkylation sites (N-methyl/N-ethyl adjacent to an activating group) is 1. The van der Waals surface area contributed by atoms with Crippen molar-refractivity contribution in [3.63, 3.8) is 0 Å². The van der Waals surface area contributed by atoms with Gasteiger partial charge in [0.2, 0.25) is 0 Å². The zero-order valence-corrected chi connectivity index (χ0v) is 11.6. The van der Waals surface area contributed by atoms with Crippen molar-refractivity contribution < 1.29 is 14.6 Å². The van der Waals surface area contributed by atoms with Gasteiger partial charge in [-0.05, 0) is 34.1 Å². The third-order valence-electron chi connectivity index (χ3n) is 2.21. The summed E-state index contributed by atoms with van der Waals surface area (Å²) in [5.74, 6) is 0. The lowest BCUT2D eigenvalue weighted by Gasteiger charge is -2.25. The van der Waals surface area contributed by atoms with Crippen LogP contribution in [-0.2, 0) is 4.74 Å². The van der Waals surface area contributed by atoms with Crippen LogP contribution in [0, 0.1) is 0 Å². The molecule has 0 aliphatic heterocycles. The predicted molar refractivity (Wildman–Crippen MR) is 68.0 cm³/mol. The molecule has 5 heteroatoms. The van der Waals surface area contributed by atoms with Crippen molar-refractivity contribution in [3.8, 4) is 0 Å². The predicted octanol–water partition coefficient (Wildman–Crippen LogP) is 1.21. The maximum absolute atomic E-state index is 11.6. The van der Waals surface area contributed by atoms with Crippen LogP contribution >= 0.6 is 0 Å². The quantitative estimate of drug-likeness (QED) is 0.739. The van der Waals surface area contributed by atoms with E-state index in [2.05, 4.69) is 5.32 Å². The smallest absolute Gasteiger partial charge is 0.410 e. The molecule has 0 aromatic heterocycles. The van der Waals surface area contributed by atoms with Crippen molar-refractivity contribution in [1.82, 2.24) is 10.2 Å². The molecular formula is C12H26N2O3. The number of rotatable bonds is 6. The monoisotopic (exact) mass is 246 g/mol. The molecule has 17 heavy (non-hydrogen) atoms. The first-order valence-electron chi connectivity index (χ1n) is 6.04. The van der Waals surface area contributed by atoms with Crippen LogP contribution < -0.4 is 5.32 Å². The number of aliphatic hydroxyl groups is 1. The second-order valence-electron chi connectivity index (χ2n) is 5.27. The second-order valence-corrected chi connectivity index (χ2v) is 5.27. The maximum Gasteiger partial charge on any atom is 0.410 e. The van der Waals surface area contributed by atoms with Crippen LogP contribution in [0.15, 0.2) is 0 Å². The average molecular weight is 246 g/mol. The lowest BCUT2D eigenvalue weighted by atomic mass is 10.2. The third-order valence-corrected chi connectivity index (χ3v) is 2.21. The summed E-state index contributed by atoms with van der Waals surface area (Å²) >= 11 is 0. The molecule has 1 unspecified atom stereocenters. The molecule has 0 aromatic carbocycles. The average Bonchev–Trinajstić information content (AvgIpc) is 2.15. The van der Waals surface area contributed by atoms with Gasteiger partial charge in [0.25, 0.3) is 0 Å². The summed E-state index contributed by atoms with van der Waals surface area (Å²) in [5.41, 5.74) is -0.455. The number of nitrogens with one attached hydrogen (secondary N) is 1. The Morgan fingerprint density at radius 1 is 1.47 bits per heavy atom. The molecule has 0 fully saturated rings. The molecule has 0 aliphatic carbocycles. The Balaban J connectivity index is 3.78. The molecule has 0 saturated heterocycles. The minimum atomic E-state index is -0.455. The summed E-state index contributed by atoms with van der Waals surface area (Å²) < 4.78 is 5.22. The van der Waals surface area contributed by atoms with Gasteiger partial charge in [-0.3, -0.25) is 0 Å². The zero-order valence-electron chi connectivity index (χ0n) is 11.6. The Morgan fingerprint density at radius 3 is 2.53 bits per heavy atom. The van der Waals surface area contributed by atoms with Gasteiger partial charge in [-0.15, -0.1) is 0 Å². The number of ether oxygens (including phenoxy) is 1. The Labute approximate surface area is 104 Å². The fourth-order valence-corrected chi connectivity index (χ4v) is 1.21. The fourth-order valence-electron chi connectivity index (χ4n) is 1.21. The first-order chi connectivity index (χ1) is 7.76. The number of carbonyl (C=O) groups is 1. The molecule has 0 rings (SSSR count). The van der Waals surface area contributed by atoms with E-state index in [0.717, 1.165) is 6.42 Å². The van der Waals surface area contributed by atoms with Crippen molar-refractivity contribution in [2.45, 2.75) is 45.8 Å². The normalized spacial score (nSPS) is 13.3. The molecule has 5 nitrogen and oxygen atoms in total. The zero-order chi connectivity index (χ0) is 13.5.